The average molecular weight is 259 g/mol. The zero-order chi connectivity index (χ0) is 13.7. The molecule has 0 fully saturated rings. The van der Waals surface area contributed by atoms with Gasteiger partial charge in [-0.2, -0.15) is 0 Å². The Morgan fingerprint density at radius 3 is 2.37 bits per heavy atom. The number of ether oxygens (including phenoxy) is 1. The minimum absolute atomic E-state index is 0.279. The summed E-state index contributed by atoms with van der Waals surface area (Å²) < 4.78 is 10.8. The molecule has 3 nitrogen and oxygen atoms in total. The lowest BCUT2D eigenvalue weighted by molar-refractivity contribution is 0.414. The van der Waals surface area contributed by atoms with Gasteiger partial charge >= 0.3 is 0 Å². The van der Waals surface area contributed by atoms with E-state index in [2.05, 4.69) is 31.3 Å². The molecule has 0 aliphatic rings. The predicted molar refractivity (Wildman–Crippen MR) is 76.3 cm³/mol. The summed E-state index contributed by atoms with van der Waals surface area (Å²) in [6, 6.07) is 12.5. The van der Waals surface area contributed by atoms with E-state index in [9.17, 15) is 0 Å². The normalized spacial score (nSPS) is 12.4. The maximum atomic E-state index is 5.67. The molecular weight excluding hydrogens is 238 g/mol. The standard InChI is InChI=1S/C16H21NO2/c1-4-14-9-10-16(19-14)11-17-12(2)13-5-7-15(18-3)8-6-13/h5-10,12,17H,4,11H2,1-3H3/t12-/m1/s1. The Kier molecular flexibility index (Phi) is 4.63. The van der Waals surface area contributed by atoms with Crippen molar-refractivity contribution in [2.24, 2.45) is 0 Å². The molecule has 0 aliphatic heterocycles. The molecule has 0 amide bonds. The third-order valence-corrected chi connectivity index (χ3v) is 3.26. The molecule has 0 aliphatic carbocycles. The molecular formula is C16H21NO2. The summed E-state index contributed by atoms with van der Waals surface area (Å²) in [5, 5.41) is 3.46. The largest absolute Gasteiger partial charge is 0.497 e. The summed E-state index contributed by atoms with van der Waals surface area (Å²) in [6.45, 7) is 4.98. The second kappa shape index (κ2) is 6.43. The average Bonchev–Trinajstić information content (AvgIpc) is 2.93. The van der Waals surface area contributed by atoms with Gasteiger partial charge in [-0.1, -0.05) is 19.1 Å². The minimum atomic E-state index is 0.279. The molecule has 1 N–H and O–H groups in total. The van der Waals surface area contributed by atoms with E-state index >= 15 is 0 Å². The Labute approximate surface area is 114 Å². The van der Waals surface area contributed by atoms with Gasteiger partial charge in [-0.15, -0.1) is 0 Å². The van der Waals surface area contributed by atoms with Gasteiger partial charge in [0.05, 0.1) is 13.7 Å². The van der Waals surface area contributed by atoms with E-state index in [-0.39, 0.29) is 6.04 Å². The van der Waals surface area contributed by atoms with Crippen molar-refractivity contribution in [2.45, 2.75) is 32.9 Å². The first-order chi connectivity index (χ1) is 9.22. The highest BCUT2D eigenvalue weighted by molar-refractivity contribution is 5.28. The van der Waals surface area contributed by atoms with Gasteiger partial charge in [-0.05, 0) is 36.8 Å². The third kappa shape index (κ3) is 3.61. The van der Waals surface area contributed by atoms with Crippen molar-refractivity contribution < 1.29 is 9.15 Å². The van der Waals surface area contributed by atoms with Crippen molar-refractivity contribution in [3.05, 3.63) is 53.5 Å². The Hall–Kier alpha value is -1.74. The lowest BCUT2D eigenvalue weighted by Crippen LogP contribution is -2.17. The van der Waals surface area contributed by atoms with E-state index in [4.69, 9.17) is 9.15 Å². The number of furan rings is 1. The van der Waals surface area contributed by atoms with Crippen LogP contribution in [0.2, 0.25) is 0 Å². The van der Waals surface area contributed by atoms with E-state index < -0.39 is 0 Å². The van der Waals surface area contributed by atoms with Gasteiger partial charge in [0.15, 0.2) is 0 Å². The van der Waals surface area contributed by atoms with E-state index in [0.717, 1.165) is 30.2 Å². The van der Waals surface area contributed by atoms with Gasteiger partial charge in [0.25, 0.3) is 0 Å². The lowest BCUT2D eigenvalue weighted by Gasteiger charge is -2.13. The van der Waals surface area contributed by atoms with Crippen LogP contribution in [-0.4, -0.2) is 7.11 Å². The number of rotatable bonds is 6. The maximum absolute atomic E-state index is 5.67. The highest BCUT2D eigenvalue weighted by Crippen LogP contribution is 2.18. The summed E-state index contributed by atoms with van der Waals surface area (Å²) in [6.07, 6.45) is 0.939. The maximum Gasteiger partial charge on any atom is 0.118 e. The molecule has 0 radical (unpaired) electrons. The van der Waals surface area contributed by atoms with Crippen LogP contribution in [0.4, 0.5) is 0 Å². The molecule has 0 saturated heterocycles. The predicted octanol–water partition coefficient (Wildman–Crippen LogP) is 3.70. The number of nitrogens with one attached hydrogen (secondary N) is 1. The van der Waals surface area contributed by atoms with Crippen LogP contribution in [0, 0.1) is 0 Å². The topological polar surface area (TPSA) is 34.4 Å². The number of methoxy groups -OCH3 is 1. The SMILES string of the molecule is CCc1ccc(CN[C@H](C)c2ccc(OC)cc2)o1. The van der Waals surface area contributed by atoms with Gasteiger partial charge in [0.2, 0.25) is 0 Å². The van der Waals surface area contributed by atoms with Crippen LogP contribution in [0.15, 0.2) is 40.8 Å². The fourth-order valence-electron chi connectivity index (χ4n) is 1.97. The van der Waals surface area contributed by atoms with Gasteiger partial charge in [0, 0.05) is 12.5 Å². The number of hydrogen-bond acceptors (Lipinski definition) is 3. The molecule has 2 rings (SSSR count). The summed E-state index contributed by atoms with van der Waals surface area (Å²) >= 11 is 0. The zero-order valence-corrected chi connectivity index (χ0v) is 11.8. The molecule has 1 atom stereocenters. The summed E-state index contributed by atoms with van der Waals surface area (Å²) in [4.78, 5) is 0. The first-order valence-electron chi connectivity index (χ1n) is 6.68. The van der Waals surface area contributed by atoms with Gasteiger partial charge in [-0.25, -0.2) is 0 Å². The first kappa shape index (κ1) is 13.7. The molecule has 19 heavy (non-hydrogen) atoms. The fraction of sp³-hybridized carbons (Fsp3) is 0.375. The molecule has 0 bridgehead atoms. The molecule has 2 aromatic rings. The molecule has 0 unspecified atom stereocenters. The quantitative estimate of drug-likeness (QED) is 0.859. The van der Waals surface area contributed by atoms with Gasteiger partial charge in [-0.3, -0.25) is 0 Å². The molecule has 1 heterocycles. The van der Waals surface area contributed by atoms with Crippen molar-refractivity contribution in [2.75, 3.05) is 7.11 Å². The minimum Gasteiger partial charge on any atom is -0.497 e. The van der Waals surface area contributed by atoms with E-state index in [0.29, 0.717) is 0 Å². The molecule has 3 heteroatoms. The Bertz CT molecular complexity index is 502. The van der Waals surface area contributed by atoms with Crippen LogP contribution in [0.5, 0.6) is 5.75 Å². The zero-order valence-electron chi connectivity index (χ0n) is 11.8. The van der Waals surface area contributed by atoms with E-state index in [1.54, 1.807) is 7.11 Å². The van der Waals surface area contributed by atoms with Crippen LogP contribution in [-0.2, 0) is 13.0 Å². The summed E-state index contributed by atoms with van der Waals surface area (Å²) in [7, 11) is 1.68. The molecule has 0 spiro atoms. The van der Waals surface area contributed by atoms with Crippen LogP contribution in [0.3, 0.4) is 0 Å². The van der Waals surface area contributed by atoms with Crippen LogP contribution in [0.1, 0.15) is 37.0 Å². The van der Waals surface area contributed by atoms with Crippen molar-refractivity contribution in [1.82, 2.24) is 5.32 Å². The van der Waals surface area contributed by atoms with E-state index in [1.807, 2.05) is 24.3 Å². The number of hydrogen-bond donors (Lipinski definition) is 1. The van der Waals surface area contributed by atoms with Crippen LogP contribution in [0.25, 0.3) is 0 Å². The highest BCUT2D eigenvalue weighted by atomic mass is 16.5. The first-order valence-corrected chi connectivity index (χ1v) is 6.68. The van der Waals surface area contributed by atoms with Crippen LogP contribution < -0.4 is 10.1 Å². The van der Waals surface area contributed by atoms with Gasteiger partial charge in [0.1, 0.15) is 17.3 Å². The molecule has 102 valence electrons. The Morgan fingerprint density at radius 2 is 1.79 bits per heavy atom. The van der Waals surface area contributed by atoms with Crippen LogP contribution >= 0.6 is 0 Å². The van der Waals surface area contributed by atoms with Crippen molar-refractivity contribution >= 4 is 0 Å². The number of aryl methyl sites for hydroxylation is 1. The van der Waals surface area contributed by atoms with E-state index in [1.165, 1.54) is 5.56 Å². The Balaban J connectivity index is 1.90. The highest BCUT2D eigenvalue weighted by Gasteiger charge is 2.06. The summed E-state index contributed by atoms with van der Waals surface area (Å²) in [5.74, 6) is 2.90. The monoisotopic (exact) mass is 259 g/mol. The van der Waals surface area contributed by atoms with Crippen molar-refractivity contribution in [3.8, 4) is 5.75 Å². The second-order valence-corrected chi connectivity index (χ2v) is 4.60. The molecule has 1 aromatic carbocycles. The van der Waals surface area contributed by atoms with Gasteiger partial charge < -0.3 is 14.5 Å². The molecule has 0 saturated carbocycles. The second-order valence-electron chi connectivity index (χ2n) is 4.60. The number of benzene rings is 1. The fourth-order valence-corrected chi connectivity index (χ4v) is 1.97. The smallest absolute Gasteiger partial charge is 0.118 e. The third-order valence-electron chi connectivity index (χ3n) is 3.26. The Morgan fingerprint density at radius 1 is 1.11 bits per heavy atom. The van der Waals surface area contributed by atoms with Crippen molar-refractivity contribution in [1.29, 1.82) is 0 Å². The summed E-state index contributed by atoms with van der Waals surface area (Å²) in [5.41, 5.74) is 1.24. The van der Waals surface area contributed by atoms with Crippen molar-refractivity contribution in [3.63, 3.8) is 0 Å². The lowest BCUT2D eigenvalue weighted by atomic mass is 10.1. The molecule has 1 aromatic heterocycles.